The van der Waals surface area contributed by atoms with Gasteiger partial charge in [0, 0.05) is 6.42 Å². The molecule has 1 N–H and O–H groups in total. The average Bonchev–Trinajstić information content (AvgIpc) is 2.72. The minimum Gasteiger partial charge on any atom is -0.493 e. The van der Waals surface area contributed by atoms with Crippen LogP contribution in [0.4, 0.5) is 5.69 Å². The van der Waals surface area contributed by atoms with Gasteiger partial charge < -0.3 is 24.3 Å². The summed E-state index contributed by atoms with van der Waals surface area (Å²) < 4.78 is 21.1. The van der Waals surface area contributed by atoms with Crippen LogP contribution in [0.2, 0.25) is 5.02 Å². The molecule has 2 aromatic carbocycles. The lowest BCUT2D eigenvalue weighted by molar-refractivity contribution is -0.153. The van der Waals surface area contributed by atoms with Gasteiger partial charge >= 0.3 is 5.97 Å². The van der Waals surface area contributed by atoms with Crippen molar-refractivity contribution < 1.29 is 28.5 Å². The monoisotopic (exact) mass is 421 g/mol. The number of hydrogen-bond acceptors (Lipinski definition) is 6. The van der Waals surface area contributed by atoms with Gasteiger partial charge in [-0.25, -0.2) is 0 Å². The molecule has 0 radical (unpaired) electrons. The van der Waals surface area contributed by atoms with Crippen molar-refractivity contribution in [3.63, 3.8) is 0 Å². The third kappa shape index (κ3) is 6.02. The Morgan fingerprint density at radius 3 is 2.21 bits per heavy atom. The molecule has 156 valence electrons. The van der Waals surface area contributed by atoms with Gasteiger partial charge in [-0.15, -0.1) is 0 Å². The number of rotatable bonds is 9. The van der Waals surface area contributed by atoms with Crippen LogP contribution < -0.4 is 19.5 Å². The molecule has 0 saturated heterocycles. The SMILES string of the molecule is COc1cc(CCC(=O)OC(C)C(=O)Nc2ccccc2Cl)cc(OC)c1OC. The van der Waals surface area contributed by atoms with Crippen LogP contribution in [-0.2, 0) is 20.7 Å². The van der Waals surface area contributed by atoms with E-state index in [0.29, 0.717) is 34.4 Å². The number of esters is 1. The molecule has 0 aromatic heterocycles. The van der Waals surface area contributed by atoms with Gasteiger partial charge in [0.05, 0.1) is 32.0 Å². The number of carbonyl (C=O) groups is 2. The number of amides is 1. The number of hydrogen-bond donors (Lipinski definition) is 1. The molecule has 0 aliphatic rings. The van der Waals surface area contributed by atoms with Gasteiger partial charge in [-0.3, -0.25) is 9.59 Å². The average molecular weight is 422 g/mol. The zero-order valence-electron chi connectivity index (χ0n) is 16.8. The van der Waals surface area contributed by atoms with Gasteiger partial charge in [-0.05, 0) is 43.2 Å². The topological polar surface area (TPSA) is 83.1 Å². The first-order valence-electron chi connectivity index (χ1n) is 8.93. The zero-order valence-corrected chi connectivity index (χ0v) is 17.5. The van der Waals surface area contributed by atoms with Gasteiger partial charge in [-0.1, -0.05) is 23.7 Å². The van der Waals surface area contributed by atoms with Crippen LogP contribution in [0.3, 0.4) is 0 Å². The van der Waals surface area contributed by atoms with E-state index >= 15 is 0 Å². The van der Waals surface area contributed by atoms with E-state index in [-0.39, 0.29) is 6.42 Å². The van der Waals surface area contributed by atoms with E-state index < -0.39 is 18.0 Å². The Balaban J connectivity index is 1.94. The van der Waals surface area contributed by atoms with Gasteiger partial charge in [-0.2, -0.15) is 0 Å². The summed E-state index contributed by atoms with van der Waals surface area (Å²) in [5, 5.41) is 3.04. The van der Waals surface area contributed by atoms with E-state index in [1.807, 2.05) is 0 Å². The Morgan fingerprint density at radius 1 is 1.03 bits per heavy atom. The summed E-state index contributed by atoms with van der Waals surface area (Å²) in [4.78, 5) is 24.4. The minimum atomic E-state index is -0.960. The molecule has 0 aliphatic carbocycles. The fourth-order valence-corrected chi connectivity index (χ4v) is 2.82. The highest BCUT2D eigenvalue weighted by Gasteiger charge is 2.19. The Kier molecular flexibility index (Phi) is 8.15. The highest BCUT2D eigenvalue weighted by Crippen LogP contribution is 2.38. The van der Waals surface area contributed by atoms with Crippen molar-refractivity contribution in [3.05, 3.63) is 47.0 Å². The second-order valence-electron chi connectivity index (χ2n) is 6.13. The number of benzene rings is 2. The lowest BCUT2D eigenvalue weighted by Crippen LogP contribution is -2.30. The van der Waals surface area contributed by atoms with Crippen molar-refractivity contribution in [1.82, 2.24) is 0 Å². The number of halogens is 1. The molecule has 2 rings (SSSR count). The number of ether oxygens (including phenoxy) is 4. The van der Waals surface area contributed by atoms with Crippen molar-refractivity contribution in [2.45, 2.75) is 25.9 Å². The van der Waals surface area contributed by atoms with Gasteiger partial charge in [0.25, 0.3) is 5.91 Å². The Bertz CT molecular complexity index is 845. The summed E-state index contributed by atoms with van der Waals surface area (Å²) in [5.74, 6) is 0.524. The number of methoxy groups -OCH3 is 3. The van der Waals surface area contributed by atoms with Crippen LogP contribution >= 0.6 is 11.6 Å². The van der Waals surface area contributed by atoms with Crippen molar-refractivity contribution in [2.24, 2.45) is 0 Å². The molecule has 0 aliphatic heterocycles. The lowest BCUT2D eigenvalue weighted by atomic mass is 10.1. The fraction of sp³-hybridized carbons (Fsp3) is 0.333. The molecule has 2 aromatic rings. The molecular weight excluding hydrogens is 398 g/mol. The molecule has 0 heterocycles. The largest absolute Gasteiger partial charge is 0.493 e. The van der Waals surface area contributed by atoms with Crippen molar-refractivity contribution >= 4 is 29.2 Å². The zero-order chi connectivity index (χ0) is 21.4. The summed E-state index contributed by atoms with van der Waals surface area (Å²) in [7, 11) is 4.57. The van der Waals surface area contributed by atoms with Crippen LogP contribution in [0.1, 0.15) is 18.9 Å². The molecule has 7 nitrogen and oxygen atoms in total. The second-order valence-corrected chi connectivity index (χ2v) is 6.54. The summed E-state index contributed by atoms with van der Waals surface area (Å²) in [6.07, 6.45) is -0.491. The fourth-order valence-electron chi connectivity index (χ4n) is 2.63. The minimum absolute atomic E-state index is 0.0857. The molecule has 0 fully saturated rings. The molecule has 29 heavy (non-hydrogen) atoms. The van der Waals surface area contributed by atoms with Crippen LogP contribution in [-0.4, -0.2) is 39.3 Å². The van der Waals surface area contributed by atoms with E-state index in [1.54, 1.807) is 36.4 Å². The maximum absolute atomic E-state index is 12.2. The number of anilines is 1. The number of aryl methyl sites for hydroxylation is 1. The quantitative estimate of drug-likeness (QED) is 0.619. The second kappa shape index (κ2) is 10.6. The lowest BCUT2D eigenvalue weighted by Gasteiger charge is -2.15. The Hall–Kier alpha value is -2.93. The first-order valence-corrected chi connectivity index (χ1v) is 9.31. The summed E-state index contributed by atoms with van der Waals surface area (Å²) in [6, 6.07) is 10.4. The summed E-state index contributed by atoms with van der Waals surface area (Å²) in [6.45, 7) is 1.50. The third-order valence-electron chi connectivity index (χ3n) is 4.15. The molecule has 1 unspecified atom stereocenters. The van der Waals surface area contributed by atoms with Crippen molar-refractivity contribution in [1.29, 1.82) is 0 Å². The van der Waals surface area contributed by atoms with E-state index in [0.717, 1.165) is 5.56 Å². The van der Waals surface area contributed by atoms with Crippen LogP contribution in [0.15, 0.2) is 36.4 Å². The molecule has 8 heteroatoms. The van der Waals surface area contributed by atoms with E-state index in [4.69, 9.17) is 30.5 Å². The standard InChI is InChI=1S/C21H24ClNO6/c1-13(21(25)23-16-8-6-5-7-15(16)22)29-19(24)10-9-14-11-17(26-2)20(28-4)18(12-14)27-3/h5-8,11-13H,9-10H2,1-4H3,(H,23,25). The molecule has 0 spiro atoms. The summed E-state index contributed by atoms with van der Waals surface area (Å²) >= 11 is 6.02. The van der Waals surface area contributed by atoms with Crippen molar-refractivity contribution in [3.8, 4) is 17.2 Å². The predicted octanol–water partition coefficient (Wildman–Crippen LogP) is 3.87. The molecule has 0 saturated carbocycles. The predicted molar refractivity (Wildman–Crippen MR) is 110 cm³/mol. The van der Waals surface area contributed by atoms with Gasteiger partial charge in [0.15, 0.2) is 17.6 Å². The Morgan fingerprint density at radius 2 is 1.66 bits per heavy atom. The number of para-hydroxylation sites is 1. The molecule has 1 amide bonds. The maximum Gasteiger partial charge on any atom is 0.306 e. The van der Waals surface area contributed by atoms with E-state index in [1.165, 1.54) is 28.3 Å². The van der Waals surface area contributed by atoms with Crippen LogP contribution in [0, 0.1) is 0 Å². The van der Waals surface area contributed by atoms with Crippen molar-refractivity contribution in [2.75, 3.05) is 26.6 Å². The first-order chi connectivity index (χ1) is 13.9. The third-order valence-corrected chi connectivity index (χ3v) is 4.48. The van der Waals surface area contributed by atoms with Gasteiger partial charge in [0.2, 0.25) is 5.75 Å². The van der Waals surface area contributed by atoms with E-state index in [9.17, 15) is 9.59 Å². The summed E-state index contributed by atoms with van der Waals surface area (Å²) in [5.41, 5.74) is 1.27. The molecule has 0 bridgehead atoms. The number of carbonyl (C=O) groups excluding carboxylic acids is 2. The smallest absolute Gasteiger partial charge is 0.306 e. The van der Waals surface area contributed by atoms with Crippen LogP contribution in [0.25, 0.3) is 0 Å². The maximum atomic E-state index is 12.2. The Labute approximate surface area is 174 Å². The van der Waals surface area contributed by atoms with Gasteiger partial charge in [0.1, 0.15) is 0 Å². The molecular formula is C21H24ClNO6. The highest BCUT2D eigenvalue weighted by atomic mass is 35.5. The normalized spacial score (nSPS) is 11.3. The van der Waals surface area contributed by atoms with E-state index in [2.05, 4.69) is 5.32 Å². The molecule has 1 atom stereocenters. The highest BCUT2D eigenvalue weighted by molar-refractivity contribution is 6.33. The van der Waals surface area contributed by atoms with Crippen LogP contribution in [0.5, 0.6) is 17.2 Å². The first kappa shape index (κ1) is 22.4. The number of nitrogens with one attached hydrogen (secondary N) is 1.